The van der Waals surface area contributed by atoms with Gasteiger partial charge in [-0.25, -0.2) is 0 Å². The number of methoxy groups -OCH3 is 2. The average molecular weight is 944 g/mol. The van der Waals surface area contributed by atoms with Gasteiger partial charge in [-0.05, 0) is 87.4 Å². The predicted octanol–water partition coefficient (Wildman–Crippen LogP) is 2.41. The maximum Gasteiger partial charge on any atom is 0.308 e. The molecule has 0 aromatic heterocycles. The fourth-order valence-corrected chi connectivity index (χ4v) is 10.2. The van der Waals surface area contributed by atoms with Crippen molar-refractivity contribution in [3.8, 4) is 0 Å². The minimum atomic E-state index is -1.51. The molecular weight excluding hydrogens is 863 g/mol. The van der Waals surface area contributed by atoms with Gasteiger partial charge in [-0.15, -0.1) is 0 Å². The summed E-state index contributed by atoms with van der Waals surface area (Å²) in [5, 5.41) is 56.0. The number of carbonyl (C=O) groups excluding carboxylic acids is 3. The van der Waals surface area contributed by atoms with Crippen molar-refractivity contribution in [3.63, 3.8) is 0 Å². The van der Waals surface area contributed by atoms with E-state index in [-0.39, 0.29) is 44.7 Å². The molecule has 0 aliphatic carbocycles. The Hall–Kier alpha value is -2.27. The number of nitrogens with zero attached hydrogens (tertiary/aromatic N) is 1. The largest absolute Gasteiger partial charge is 0.462 e. The third kappa shape index (κ3) is 14.0. The molecule has 20 atom stereocenters. The van der Waals surface area contributed by atoms with Gasteiger partial charge in [0.1, 0.15) is 54.6 Å². The number of likely N-dealkylation sites (N-methyl/N-ethyl adjacent to an activating group) is 1. The van der Waals surface area contributed by atoms with Crippen LogP contribution in [0.5, 0.6) is 0 Å². The van der Waals surface area contributed by atoms with Crippen LogP contribution in [0.2, 0.25) is 0 Å². The highest BCUT2D eigenvalue weighted by molar-refractivity contribution is 5.91. The minimum Gasteiger partial charge on any atom is -0.462 e. The molecule has 0 radical (unpaired) electrons. The number of hydrogen-bond donors (Lipinski definition) is 5. The van der Waals surface area contributed by atoms with E-state index in [0.29, 0.717) is 12.0 Å². The molecule has 4 heterocycles. The minimum absolute atomic E-state index is 0.00231. The Kier molecular flexibility index (Phi) is 20.5. The van der Waals surface area contributed by atoms with Crippen molar-refractivity contribution < 1.29 is 82.5 Å². The molecule has 380 valence electrons. The number of aliphatic hydroxyl groups excluding tert-OH is 4. The highest BCUT2D eigenvalue weighted by Gasteiger charge is 2.57. The third-order valence-corrected chi connectivity index (χ3v) is 13.8. The maximum atomic E-state index is 13.7. The maximum absolute atomic E-state index is 13.7. The number of cyclic esters (lactones) is 1. The van der Waals surface area contributed by atoms with E-state index in [0.717, 1.165) is 6.29 Å². The standard InChI is InChI=1S/C48H81NO17/c1-14-35-32(23-60-45-42(59-13)41(58-12)39(54)28(4)62-45)19-26(2)15-16-34(52)27(3)20-31(17-18-50)36(21-33(51)22-37(53)63-35)61-25-47(8)44(56)38(49(10)11)40(29(5)64-47)66-48(9)24-46(7,57)43(55)30(6)65-48/h15-16,18-19,27-33,35-36,38-45,51,54-57H,14,17,20-25H2,1-13H3/b16-15-,26-19-/t27-,28?,29?,30?,31+,32?,33+,35-,36-,38-,39-,40-,41+,42?,43+,44?,45-,46-,47+,48+/m1/s1. The van der Waals surface area contributed by atoms with Gasteiger partial charge in [-0.1, -0.05) is 31.6 Å². The second kappa shape index (κ2) is 24.0. The summed E-state index contributed by atoms with van der Waals surface area (Å²) in [7, 11) is 6.52. The number of aldehydes is 1. The molecule has 4 rings (SSSR count). The van der Waals surface area contributed by atoms with Crippen LogP contribution in [0.3, 0.4) is 0 Å². The van der Waals surface area contributed by atoms with Gasteiger partial charge in [0.05, 0.1) is 61.8 Å². The number of ether oxygens (including phenoxy) is 9. The van der Waals surface area contributed by atoms with Crippen LogP contribution in [0.25, 0.3) is 0 Å². The molecule has 0 bridgehead atoms. The van der Waals surface area contributed by atoms with Gasteiger partial charge in [0.25, 0.3) is 0 Å². The lowest BCUT2D eigenvalue weighted by atomic mass is 9.82. The Bertz CT molecular complexity index is 1640. The zero-order valence-corrected chi connectivity index (χ0v) is 41.4. The molecule has 0 aromatic rings. The van der Waals surface area contributed by atoms with Crippen LogP contribution in [-0.4, -0.2) is 193 Å². The van der Waals surface area contributed by atoms with Crippen molar-refractivity contribution in [1.82, 2.24) is 4.90 Å². The smallest absolute Gasteiger partial charge is 0.308 e. The summed E-state index contributed by atoms with van der Waals surface area (Å²) < 4.78 is 55.2. The molecule has 18 heteroatoms. The van der Waals surface area contributed by atoms with Crippen LogP contribution < -0.4 is 0 Å². The number of carbonyl (C=O) groups is 3. The first kappa shape index (κ1) is 56.3. The number of hydrogen-bond acceptors (Lipinski definition) is 18. The van der Waals surface area contributed by atoms with Crippen LogP contribution in [0.1, 0.15) is 101 Å². The Morgan fingerprint density at radius 1 is 0.879 bits per heavy atom. The molecule has 3 fully saturated rings. The Morgan fingerprint density at radius 2 is 1.55 bits per heavy atom. The lowest BCUT2D eigenvalue weighted by molar-refractivity contribution is -0.367. The highest BCUT2D eigenvalue weighted by atomic mass is 16.7. The van der Waals surface area contributed by atoms with Gasteiger partial charge < -0.3 is 77.9 Å². The van der Waals surface area contributed by atoms with Crippen molar-refractivity contribution in [2.24, 2.45) is 17.8 Å². The number of ketones is 1. The van der Waals surface area contributed by atoms with Crippen molar-refractivity contribution >= 4 is 18.0 Å². The number of rotatable bonds is 14. The van der Waals surface area contributed by atoms with Crippen molar-refractivity contribution in [3.05, 3.63) is 23.8 Å². The average Bonchev–Trinajstić information content (AvgIpc) is 3.23. The van der Waals surface area contributed by atoms with Gasteiger partial charge in [0.15, 0.2) is 17.9 Å². The summed E-state index contributed by atoms with van der Waals surface area (Å²) >= 11 is 0. The van der Waals surface area contributed by atoms with Gasteiger partial charge in [-0.2, -0.15) is 0 Å². The predicted molar refractivity (Wildman–Crippen MR) is 240 cm³/mol. The van der Waals surface area contributed by atoms with Crippen LogP contribution >= 0.6 is 0 Å². The topological polar surface area (TPSA) is 239 Å². The fourth-order valence-electron chi connectivity index (χ4n) is 10.2. The SMILES string of the molecule is CC[C@H]1OC(=O)C[C@@H](O)C[C@@H](OC[C@]2(C)OC(C)[C@@H](O[C@@]3(C)C[C@@](C)(O)[C@@H](O)C(C)O3)[C@@H](N(C)C)C2O)[C@@H](CC=O)C[C@@H](C)C(=O)/C=C\C(C)=C/C1CO[C@@H]1OC(C)[C@@H](O)[C@H](OC)C1OC. The molecule has 0 aromatic carbocycles. The Morgan fingerprint density at radius 3 is 2.14 bits per heavy atom. The van der Waals surface area contributed by atoms with E-state index in [1.807, 2.05) is 24.8 Å². The summed E-state index contributed by atoms with van der Waals surface area (Å²) in [4.78, 5) is 41.4. The van der Waals surface area contributed by atoms with Gasteiger partial charge >= 0.3 is 5.97 Å². The second-order valence-electron chi connectivity index (χ2n) is 20.0. The van der Waals surface area contributed by atoms with E-state index in [2.05, 4.69) is 0 Å². The van der Waals surface area contributed by atoms with Gasteiger partial charge in [-0.3, -0.25) is 9.59 Å². The highest BCUT2D eigenvalue weighted by Crippen LogP contribution is 2.42. The molecule has 6 unspecified atom stereocenters. The molecule has 4 aliphatic heterocycles. The van der Waals surface area contributed by atoms with E-state index in [1.165, 1.54) is 27.2 Å². The van der Waals surface area contributed by atoms with E-state index in [9.17, 15) is 39.9 Å². The lowest BCUT2D eigenvalue weighted by Gasteiger charge is -2.55. The zero-order chi connectivity index (χ0) is 49.5. The monoisotopic (exact) mass is 944 g/mol. The quantitative estimate of drug-likeness (QED) is 0.124. The van der Waals surface area contributed by atoms with Crippen molar-refractivity contribution in [1.29, 1.82) is 0 Å². The summed E-state index contributed by atoms with van der Waals surface area (Å²) in [6, 6.07) is -0.684. The molecule has 0 spiro atoms. The van der Waals surface area contributed by atoms with Crippen molar-refractivity contribution in [2.45, 2.75) is 203 Å². The second-order valence-corrected chi connectivity index (χ2v) is 20.0. The molecular formula is C48H81NO17. The first-order valence-corrected chi connectivity index (χ1v) is 23.5. The number of aliphatic hydroxyl groups is 5. The lowest BCUT2D eigenvalue weighted by Crippen LogP contribution is -2.70. The van der Waals surface area contributed by atoms with Crippen molar-refractivity contribution in [2.75, 3.05) is 41.5 Å². The summed E-state index contributed by atoms with van der Waals surface area (Å²) in [5.41, 5.74) is -2.18. The van der Waals surface area contributed by atoms with Gasteiger partial charge in [0, 0.05) is 45.3 Å². The first-order chi connectivity index (χ1) is 30.8. The zero-order valence-electron chi connectivity index (χ0n) is 41.4. The van der Waals surface area contributed by atoms with Crippen LogP contribution in [0.4, 0.5) is 0 Å². The number of esters is 1. The molecule has 66 heavy (non-hydrogen) atoms. The first-order valence-electron chi connectivity index (χ1n) is 23.5. The van der Waals surface area contributed by atoms with Gasteiger partial charge in [0.2, 0.25) is 0 Å². The molecule has 18 nitrogen and oxygen atoms in total. The van der Waals surface area contributed by atoms with E-state index in [4.69, 9.17) is 42.6 Å². The van der Waals surface area contributed by atoms with Crippen LogP contribution in [0, 0.1) is 17.8 Å². The summed E-state index contributed by atoms with van der Waals surface area (Å²) in [6.45, 7) is 15.3. The molecule has 5 N–H and O–H groups in total. The molecule has 0 amide bonds. The number of allylic oxidation sites excluding steroid dienone is 3. The van der Waals surface area contributed by atoms with E-state index >= 15 is 0 Å². The molecule has 4 aliphatic rings. The van der Waals surface area contributed by atoms with E-state index < -0.39 is 133 Å². The molecule has 3 saturated heterocycles. The molecule has 0 saturated carbocycles. The summed E-state index contributed by atoms with van der Waals surface area (Å²) in [6.07, 6.45) is -5.70. The summed E-state index contributed by atoms with van der Waals surface area (Å²) in [5.74, 6) is -3.89. The van der Waals surface area contributed by atoms with Crippen LogP contribution in [-0.2, 0) is 57.0 Å². The normalized spacial score (nSPS) is 46.0. The van der Waals surface area contributed by atoms with Crippen LogP contribution in [0.15, 0.2) is 23.8 Å². The van der Waals surface area contributed by atoms with E-state index in [1.54, 1.807) is 61.7 Å². The Labute approximate surface area is 391 Å². The fraction of sp³-hybridized carbons (Fsp3) is 0.854. The third-order valence-electron chi connectivity index (χ3n) is 13.8. The Balaban J connectivity index is 1.58.